The van der Waals surface area contributed by atoms with Gasteiger partial charge in [0.2, 0.25) is 0 Å². The highest BCUT2D eigenvalue weighted by Crippen LogP contribution is 2.41. The molecule has 0 spiro atoms. The van der Waals surface area contributed by atoms with E-state index in [0.717, 1.165) is 60.2 Å². The Morgan fingerprint density at radius 3 is 2.52 bits per heavy atom. The Kier molecular flexibility index (Phi) is 4.87. The van der Waals surface area contributed by atoms with Crippen LogP contribution in [0.1, 0.15) is 18.4 Å². The number of halogens is 3. The second-order valence-corrected chi connectivity index (χ2v) is 9.28. The Morgan fingerprint density at radius 2 is 1.76 bits per heavy atom. The molecule has 0 bridgehead atoms. The van der Waals surface area contributed by atoms with Crippen molar-refractivity contribution in [2.75, 3.05) is 42.5 Å². The Hall–Kier alpha value is -3.00. The molecule has 1 aromatic heterocycles. The SMILES string of the molecule is FC(F)(F)CN1Cc2cn[nH]c2-c2ccc(-c3cccc(N4CCN(C5CC5)CC4)c3)cc21. The molecule has 1 saturated heterocycles. The first-order chi connectivity index (χ1) is 15.9. The number of aromatic amines is 1. The monoisotopic (exact) mass is 453 g/mol. The normalized spacial score (nSPS) is 18.9. The van der Waals surface area contributed by atoms with Gasteiger partial charge in [0.15, 0.2) is 0 Å². The third-order valence-corrected chi connectivity index (χ3v) is 6.98. The summed E-state index contributed by atoms with van der Waals surface area (Å²) in [5, 5.41) is 7.01. The zero-order valence-electron chi connectivity index (χ0n) is 18.3. The molecule has 8 heteroatoms. The summed E-state index contributed by atoms with van der Waals surface area (Å²) in [6, 6.07) is 14.9. The molecule has 3 aliphatic rings. The van der Waals surface area contributed by atoms with Crippen molar-refractivity contribution in [1.29, 1.82) is 0 Å². The summed E-state index contributed by atoms with van der Waals surface area (Å²) in [6.45, 7) is 3.39. The number of nitrogens with one attached hydrogen (secondary N) is 1. The third-order valence-electron chi connectivity index (χ3n) is 6.98. The minimum absolute atomic E-state index is 0.188. The van der Waals surface area contributed by atoms with Crippen molar-refractivity contribution in [1.82, 2.24) is 15.1 Å². The summed E-state index contributed by atoms with van der Waals surface area (Å²) in [7, 11) is 0. The van der Waals surface area contributed by atoms with Gasteiger partial charge in [-0.15, -0.1) is 0 Å². The summed E-state index contributed by atoms with van der Waals surface area (Å²) in [5.41, 5.74) is 6.04. The van der Waals surface area contributed by atoms with Gasteiger partial charge in [0.05, 0.1) is 11.9 Å². The minimum atomic E-state index is -4.28. The summed E-state index contributed by atoms with van der Waals surface area (Å²) in [4.78, 5) is 6.40. The molecule has 5 nitrogen and oxygen atoms in total. The first kappa shape index (κ1) is 20.6. The van der Waals surface area contributed by atoms with Gasteiger partial charge < -0.3 is 9.80 Å². The van der Waals surface area contributed by atoms with Gasteiger partial charge in [0, 0.05) is 61.3 Å². The molecule has 2 aromatic carbocycles. The summed E-state index contributed by atoms with van der Waals surface area (Å²) in [6.07, 6.45) is -0.00251. The van der Waals surface area contributed by atoms with Crippen LogP contribution in [0.2, 0.25) is 0 Å². The van der Waals surface area contributed by atoms with Crippen LogP contribution in [0.25, 0.3) is 22.4 Å². The van der Waals surface area contributed by atoms with Crippen molar-refractivity contribution in [3.63, 3.8) is 0 Å². The molecule has 1 saturated carbocycles. The van der Waals surface area contributed by atoms with Gasteiger partial charge in [-0.1, -0.05) is 24.3 Å². The number of aromatic nitrogens is 2. The highest BCUT2D eigenvalue weighted by molar-refractivity contribution is 5.85. The van der Waals surface area contributed by atoms with Crippen molar-refractivity contribution in [2.24, 2.45) is 0 Å². The molecular weight excluding hydrogens is 427 g/mol. The lowest BCUT2D eigenvalue weighted by molar-refractivity contribution is -0.119. The first-order valence-electron chi connectivity index (χ1n) is 11.5. The number of rotatable bonds is 4. The van der Waals surface area contributed by atoms with Gasteiger partial charge in [0.1, 0.15) is 6.54 Å². The van der Waals surface area contributed by atoms with Crippen LogP contribution in [0.4, 0.5) is 24.5 Å². The van der Waals surface area contributed by atoms with Gasteiger partial charge in [-0.25, -0.2) is 0 Å². The van der Waals surface area contributed by atoms with Crippen LogP contribution in [0.3, 0.4) is 0 Å². The van der Waals surface area contributed by atoms with Crippen molar-refractivity contribution >= 4 is 11.4 Å². The summed E-state index contributed by atoms with van der Waals surface area (Å²) in [5.74, 6) is 0. The fraction of sp³-hybridized carbons (Fsp3) is 0.400. The second kappa shape index (κ2) is 7.80. The van der Waals surface area contributed by atoms with Gasteiger partial charge in [0.25, 0.3) is 0 Å². The third kappa shape index (κ3) is 4.08. The summed E-state index contributed by atoms with van der Waals surface area (Å²) < 4.78 is 40.0. The number of nitrogens with zero attached hydrogens (tertiary/aromatic N) is 4. The van der Waals surface area contributed by atoms with Crippen LogP contribution < -0.4 is 9.80 Å². The van der Waals surface area contributed by atoms with Crippen LogP contribution in [0.5, 0.6) is 0 Å². The zero-order valence-corrected chi connectivity index (χ0v) is 18.3. The second-order valence-electron chi connectivity index (χ2n) is 9.28. The number of piperazine rings is 1. The van der Waals surface area contributed by atoms with Crippen molar-refractivity contribution < 1.29 is 13.2 Å². The number of benzene rings is 2. The molecule has 0 amide bonds. The molecule has 1 N–H and O–H groups in total. The van der Waals surface area contributed by atoms with Gasteiger partial charge in [-0.05, 0) is 42.2 Å². The van der Waals surface area contributed by atoms with Crippen LogP contribution in [-0.4, -0.2) is 60.0 Å². The summed E-state index contributed by atoms with van der Waals surface area (Å²) >= 11 is 0. The average Bonchev–Trinajstić information content (AvgIpc) is 3.56. The highest BCUT2D eigenvalue weighted by atomic mass is 19.4. The molecule has 3 heterocycles. The number of hydrogen-bond acceptors (Lipinski definition) is 4. The molecular formula is C25H26F3N5. The molecule has 1 aliphatic carbocycles. The smallest absolute Gasteiger partial charge is 0.369 e. The van der Waals surface area contributed by atoms with E-state index in [-0.39, 0.29) is 6.54 Å². The van der Waals surface area contributed by atoms with E-state index in [0.29, 0.717) is 5.69 Å². The molecule has 33 heavy (non-hydrogen) atoms. The van der Waals surface area contributed by atoms with Gasteiger partial charge in [-0.3, -0.25) is 10.00 Å². The topological polar surface area (TPSA) is 38.4 Å². The zero-order chi connectivity index (χ0) is 22.6. The number of anilines is 2. The van der Waals surface area contributed by atoms with Crippen molar-refractivity contribution in [3.05, 3.63) is 54.2 Å². The lowest BCUT2D eigenvalue weighted by atomic mass is 9.95. The van der Waals surface area contributed by atoms with Crippen LogP contribution in [-0.2, 0) is 6.54 Å². The van der Waals surface area contributed by atoms with Crippen LogP contribution in [0, 0.1) is 0 Å². The van der Waals surface area contributed by atoms with Crippen molar-refractivity contribution in [2.45, 2.75) is 31.6 Å². The first-order valence-corrected chi connectivity index (χ1v) is 11.5. The van der Waals surface area contributed by atoms with Crippen LogP contribution in [0.15, 0.2) is 48.7 Å². The van der Waals surface area contributed by atoms with E-state index >= 15 is 0 Å². The van der Waals surface area contributed by atoms with E-state index < -0.39 is 12.7 Å². The molecule has 2 fully saturated rings. The van der Waals surface area contributed by atoms with Gasteiger partial charge >= 0.3 is 6.18 Å². The average molecular weight is 454 g/mol. The molecule has 0 unspecified atom stereocenters. The lowest BCUT2D eigenvalue weighted by Gasteiger charge is -2.36. The maximum atomic E-state index is 13.3. The van der Waals surface area contributed by atoms with Crippen molar-refractivity contribution in [3.8, 4) is 22.4 Å². The Morgan fingerprint density at radius 1 is 0.970 bits per heavy atom. The fourth-order valence-corrected chi connectivity index (χ4v) is 5.16. The number of hydrogen-bond donors (Lipinski definition) is 1. The largest absolute Gasteiger partial charge is 0.405 e. The lowest BCUT2D eigenvalue weighted by Crippen LogP contribution is -2.47. The Bertz CT molecular complexity index is 1160. The Labute approximate surface area is 190 Å². The quantitative estimate of drug-likeness (QED) is 0.609. The Balaban J connectivity index is 1.30. The highest BCUT2D eigenvalue weighted by Gasteiger charge is 2.35. The fourth-order valence-electron chi connectivity index (χ4n) is 5.16. The maximum absolute atomic E-state index is 13.3. The van der Waals surface area contributed by atoms with Crippen LogP contribution >= 0.6 is 0 Å². The van der Waals surface area contributed by atoms with E-state index in [1.807, 2.05) is 30.3 Å². The number of alkyl halides is 3. The molecule has 2 aliphatic heterocycles. The standard InChI is InChI=1S/C25H26F3N5/c26-25(27,28)16-33-15-19-14-29-30-24(19)22-7-4-18(13-23(22)33)17-2-1-3-21(12-17)32-10-8-31(9-11-32)20-5-6-20/h1-4,7,12-14,20H,5-6,8-11,15-16H2,(H,29,30). The van der Waals surface area contributed by atoms with E-state index in [9.17, 15) is 13.2 Å². The van der Waals surface area contributed by atoms with Gasteiger partial charge in [-0.2, -0.15) is 18.3 Å². The molecule has 0 radical (unpaired) electrons. The van der Waals surface area contributed by atoms with E-state index in [1.54, 1.807) is 6.20 Å². The minimum Gasteiger partial charge on any atom is -0.369 e. The molecule has 0 atom stereocenters. The molecule has 3 aromatic rings. The molecule has 6 rings (SSSR count). The predicted octanol–water partition coefficient (Wildman–Crippen LogP) is 4.91. The molecule has 172 valence electrons. The van der Waals surface area contributed by atoms with E-state index in [2.05, 4.69) is 32.1 Å². The maximum Gasteiger partial charge on any atom is 0.405 e. The van der Waals surface area contributed by atoms with E-state index in [4.69, 9.17) is 0 Å². The number of fused-ring (bicyclic) bond motifs is 3. The predicted molar refractivity (Wildman–Crippen MR) is 123 cm³/mol. The number of H-pyrrole nitrogens is 1. The van der Waals surface area contributed by atoms with E-state index in [1.165, 1.54) is 23.4 Å².